The van der Waals surface area contributed by atoms with Gasteiger partial charge in [-0.3, -0.25) is 9.69 Å². The van der Waals surface area contributed by atoms with Gasteiger partial charge in [0.05, 0.1) is 6.26 Å². The average molecular weight is 348 g/mol. The Hall–Kier alpha value is -1.33. The third-order valence-corrected chi connectivity index (χ3v) is 5.69. The van der Waals surface area contributed by atoms with Crippen LogP contribution in [0.4, 0.5) is 0 Å². The number of rotatable bonds is 6. The van der Waals surface area contributed by atoms with Gasteiger partial charge in [-0.25, -0.2) is 0 Å². The van der Waals surface area contributed by atoms with Crippen molar-refractivity contribution >= 4 is 5.91 Å². The highest BCUT2D eigenvalue weighted by atomic mass is 16.4. The summed E-state index contributed by atoms with van der Waals surface area (Å²) in [5, 5.41) is 10.5. The SMILES string of the molecule is O=C(CCN1CCCCCC1CC(O)c1ccco1)N1CCCCC1. The van der Waals surface area contributed by atoms with Gasteiger partial charge in [0.2, 0.25) is 5.91 Å². The molecule has 1 aromatic heterocycles. The summed E-state index contributed by atoms with van der Waals surface area (Å²) in [5.41, 5.74) is 0. The Bertz CT molecular complexity index is 511. The van der Waals surface area contributed by atoms with Gasteiger partial charge in [0.25, 0.3) is 0 Å². The summed E-state index contributed by atoms with van der Waals surface area (Å²) in [6.45, 7) is 3.70. The lowest BCUT2D eigenvalue weighted by molar-refractivity contribution is -0.132. The highest BCUT2D eigenvalue weighted by Crippen LogP contribution is 2.27. The molecule has 0 aromatic carbocycles. The van der Waals surface area contributed by atoms with E-state index in [0.29, 0.717) is 30.6 Å². The predicted octanol–water partition coefficient (Wildman–Crippen LogP) is 3.35. The van der Waals surface area contributed by atoms with Crippen LogP contribution in [0.15, 0.2) is 22.8 Å². The van der Waals surface area contributed by atoms with Crippen LogP contribution in [0.2, 0.25) is 0 Å². The van der Waals surface area contributed by atoms with Gasteiger partial charge in [-0.1, -0.05) is 12.8 Å². The summed E-state index contributed by atoms with van der Waals surface area (Å²) in [6.07, 6.45) is 10.6. The Morgan fingerprint density at radius 1 is 1.16 bits per heavy atom. The monoisotopic (exact) mass is 348 g/mol. The van der Waals surface area contributed by atoms with Crippen LogP contribution < -0.4 is 0 Å². The van der Waals surface area contributed by atoms with Gasteiger partial charge in [-0.15, -0.1) is 0 Å². The van der Waals surface area contributed by atoms with Crippen molar-refractivity contribution in [1.82, 2.24) is 9.80 Å². The van der Waals surface area contributed by atoms with Crippen LogP contribution >= 0.6 is 0 Å². The van der Waals surface area contributed by atoms with Crippen LogP contribution in [0.1, 0.15) is 69.7 Å². The summed E-state index contributed by atoms with van der Waals surface area (Å²) in [7, 11) is 0. The Balaban J connectivity index is 1.53. The second kappa shape index (κ2) is 9.39. The number of carbonyl (C=O) groups is 1. The van der Waals surface area contributed by atoms with Gasteiger partial charge >= 0.3 is 0 Å². The minimum Gasteiger partial charge on any atom is -0.467 e. The molecule has 2 fully saturated rings. The second-order valence-electron chi connectivity index (χ2n) is 7.50. The first-order valence-corrected chi connectivity index (χ1v) is 9.97. The maximum atomic E-state index is 12.5. The molecule has 2 saturated heterocycles. The van der Waals surface area contributed by atoms with Gasteiger partial charge in [-0.05, 0) is 57.2 Å². The zero-order valence-electron chi connectivity index (χ0n) is 15.2. The molecule has 0 saturated carbocycles. The zero-order valence-corrected chi connectivity index (χ0v) is 15.2. The van der Waals surface area contributed by atoms with Crippen molar-refractivity contribution in [3.8, 4) is 0 Å². The van der Waals surface area contributed by atoms with Crippen LogP contribution in [-0.2, 0) is 4.79 Å². The fourth-order valence-electron chi connectivity index (χ4n) is 4.19. The summed E-state index contributed by atoms with van der Waals surface area (Å²) in [5.74, 6) is 0.947. The molecule has 1 aromatic rings. The van der Waals surface area contributed by atoms with Crippen LogP contribution in [0.5, 0.6) is 0 Å². The van der Waals surface area contributed by atoms with Gasteiger partial charge in [0, 0.05) is 32.1 Å². The van der Waals surface area contributed by atoms with E-state index >= 15 is 0 Å². The van der Waals surface area contributed by atoms with E-state index in [-0.39, 0.29) is 0 Å². The number of amides is 1. The van der Waals surface area contributed by atoms with Crippen LogP contribution in [0, 0.1) is 0 Å². The number of nitrogens with zero attached hydrogens (tertiary/aromatic N) is 2. The Morgan fingerprint density at radius 2 is 1.92 bits per heavy atom. The minimum atomic E-state index is -0.557. The first kappa shape index (κ1) is 18.5. The van der Waals surface area contributed by atoms with Crippen molar-refractivity contribution in [1.29, 1.82) is 0 Å². The number of piperidine rings is 1. The summed E-state index contributed by atoms with van der Waals surface area (Å²) >= 11 is 0. The van der Waals surface area contributed by atoms with Gasteiger partial charge in [0.15, 0.2) is 0 Å². The number of likely N-dealkylation sites (tertiary alicyclic amines) is 2. The molecule has 0 aliphatic carbocycles. The second-order valence-corrected chi connectivity index (χ2v) is 7.50. The lowest BCUT2D eigenvalue weighted by Crippen LogP contribution is -2.41. The number of furan rings is 1. The maximum Gasteiger partial charge on any atom is 0.223 e. The summed E-state index contributed by atoms with van der Waals surface area (Å²) < 4.78 is 5.35. The smallest absolute Gasteiger partial charge is 0.223 e. The van der Waals surface area contributed by atoms with Crippen molar-refractivity contribution in [2.45, 2.75) is 69.9 Å². The van der Waals surface area contributed by atoms with Crippen LogP contribution in [0.3, 0.4) is 0 Å². The van der Waals surface area contributed by atoms with Gasteiger partial charge < -0.3 is 14.4 Å². The van der Waals surface area contributed by atoms with Gasteiger partial charge in [0.1, 0.15) is 11.9 Å². The third-order valence-electron chi connectivity index (χ3n) is 5.69. The molecule has 2 atom stereocenters. The Kier molecular flexibility index (Phi) is 6.93. The highest BCUT2D eigenvalue weighted by molar-refractivity contribution is 5.76. The summed E-state index contributed by atoms with van der Waals surface area (Å²) in [6, 6.07) is 3.99. The molecule has 2 unspecified atom stereocenters. The number of hydrogen-bond donors (Lipinski definition) is 1. The van der Waals surface area contributed by atoms with E-state index < -0.39 is 6.10 Å². The molecule has 0 radical (unpaired) electrons. The Morgan fingerprint density at radius 3 is 2.68 bits per heavy atom. The molecule has 2 aliphatic rings. The quantitative estimate of drug-likeness (QED) is 0.856. The molecular formula is C20H32N2O3. The van der Waals surface area contributed by atoms with Gasteiger partial charge in [-0.2, -0.15) is 0 Å². The zero-order chi connectivity index (χ0) is 17.5. The third kappa shape index (κ3) is 5.32. The van der Waals surface area contributed by atoms with E-state index in [9.17, 15) is 9.90 Å². The largest absolute Gasteiger partial charge is 0.467 e. The minimum absolute atomic E-state index is 0.300. The van der Waals surface area contributed by atoms with Crippen LogP contribution in [0.25, 0.3) is 0 Å². The average Bonchev–Trinajstić information content (AvgIpc) is 3.10. The topological polar surface area (TPSA) is 56.9 Å². The number of hydrogen-bond acceptors (Lipinski definition) is 4. The first-order chi connectivity index (χ1) is 12.2. The van der Waals surface area contributed by atoms with Crippen molar-refractivity contribution in [2.24, 2.45) is 0 Å². The molecule has 5 heteroatoms. The highest BCUT2D eigenvalue weighted by Gasteiger charge is 2.26. The molecule has 5 nitrogen and oxygen atoms in total. The molecule has 25 heavy (non-hydrogen) atoms. The standard InChI is InChI=1S/C20H32N2O3/c23-18(19-9-7-15-25-19)16-17-8-3-1-4-11-21(17)14-10-20(24)22-12-5-2-6-13-22/h7,9,15,17-18,23H,1-6,8,10-14,16H2. The first-order valence-electron chi connectivity index (χ1n) is 9.97. The van der Waals surface area contributed by atoms with Crippen molar-refractivity contribution in [3.63, 3.8) is 0 Å². The molecule has 140 valence electrons. The van der Waals surface area contributed by atoms with E-state index in [1.807, 2.05) is 17.0 Å². The molecule has 1 N–H and O–H groups in total. The van der Waals surface area contributed by atoms with E-state index in [4.69, 9.17) is 4.42 Å². The predicted molar refractivity (Wildman–Crippen MR) is 97.2 cm³/mol. The molecule has 1 amide bonds. The molecule has 3 rings (SSSR count). The fourth-order valence-corrected chi connectivity index (χ4v) is 4.19. The molecule has 2 aliphatic heterocycles. The lowest BCUT2D eigenvalue weighted by atomic mass is 10.0. The molecule has 0 bridgehead atoms. The fraction of sp³-hybridized carbons (Fsp3) is 0.750. The van der Waals surface area contributed by atoms with Crippen molar-refractivity contribution < 1.29 is 14.3 Å². The Labute approximate surface area is 151 Å². The lowest BCUT2D eigenvalue weighted by Gasteiger charge is -2.32. The van der Waals surface area contributed by atoms with Crippen molar-refractivity contribution in [2.75, 3.05) is 26.2 Å². The molecule has 3 heterocycles. The molecule has 0 spiro atoms. The molecular weight excluding hydrogens is 316 g/mol. The normalized spacial score (nSPS) is 24.0. The van der Waals surface area contributed by atoms with E-state index in [2.05, 4.69) is 4.90 Å². The van der Waals surface area contributed by atoms with E-state index in [1.54, 1.807) is 6.26 Å². The van der Waals surface area contributed by atoms with Crippen LogP contribution in [-0.4, -0.2) is 53.0 Å². The summed E-state index contributed by atoms with van der Waals surface area (Å²) in [4.78, 5) is 16.9. The van der Waals surface area contributed by atoms with E-state index in [1.165, 1.54) is 25.7 Å². The number of aliphatic hydroxyl groups is 1. The maximum absolute atomic E-state index is 12.5. The number of aliphatic hydroxyl groups excluding tert-OH is 1. The van der Waals surface area contributed by atoms with E-state index in [0.717, 1.165) is 45.4 Å². The van der Waals surface area contributed by atoms with Crippen molar-refractivity contribution in [3.05, 3.63) is 24.2 Å². The number of carbonyl (C=O) groups excluding carboxylic acids is 1.